The minimum absolute atomic E-state index is 0.0197. The van der Waals surface area contributed by atoms with E-state index in [9.17, 15) is 9.59 Å². The van der Waals surface area contributed by atoms with E-state index in [0.29, 0.717) is 24.7 Å². The number of carbonyl (C=O) groups is 2. The standard InChI is InChI=1S/C10H14O3/c1-9(13)7-10(8-12)5-3-2-4-6-11/h5-6,8,13H,1-4,7H2/b10-5+. The molecule has 3 nitrogen and oxygen atoms in total. The molecule has 3 heteroatoms. The van der Waals surface area contributed by atoms with Gasteiger partial charge in [-0.15, -0.1) is 0 Å². The van der Waals surface area contributed by atoms with Crippen LogP contribution in [-0.4, -0.2) is 17.7 Å². The lowest BCUT2D eigenvalue weighted by Gasteiger charge is -1.97. The predicted octanol–water partition coefficient (Wildman–Crippen LogP) is 1.94. The van der Waals surface area contributed by atoms with Crippen molar-refractivity contribution in [3.05, 3.63) is 24.0 Å². The highest BCUT2D eigenvalue weighted by atomic mass is 16.3. The number of carbonyl (C=O) groups excluding carboxylic acids is 2. The van der Waals surface area contributed by atoms with Gasteiger partial charge in [0.25, 0.3) is 0 Å². The Morgan fingerprint density at radius 2 is 2.00 bits per heavy atom. The second-order valence-electron chi connectivity index (χ2n) is 2.74. The van der Waals surface area contributed by atoms with Gasteiger partial charge in [-0.25, -0.2) is 0 Å². The van der Waals surface area contributed by atoms with Gasteiger partial charge in [0.05, 0.1) is 5.76 Å². The van der Waals surface area contributed by atoms with Gasteiger partial charge in [0.15, 0.2) is 0 Å². The number of hydrogen-bond donors (Lipinski definition) is 1. The van der Waals surface area contributed by atoms with E-state index in [1.165, 1.54) is 0 Å². The van der Waals surface area contributed by atoms with Crippen LogP contribution in [0.5, 0.6) is 0 Å². The topological polar surface area (TPSA) is 54.4 Å². The molecule has 0 aromatic carbocycles. The SMILES string of the molecule is C=C(O)C/C(C=O)=C\CCCC=O. The minimum atomic E-state index is -0.0197. The van der Waals surface area contributed by atoms with Crippen LogP contribution in [0.4, 0.5) is 0 Å². The number of unbranched alkanes of at least 4 members (excludes halogenated alkanes) is 2. The second-order valence-corrected chi connectivity index (χ2v) is 2.74. The first-order chi connectivity index (χ1) is 6.20. The van der Waals surface area contributed by atoms with E-state index in [-0.39, 0.29) is 12.2 Å². The van der Waals surface area contributed by atoms with E-state index in [4.69, 9.17) is 5.11 Å². The Labute approximate surface area is 77.8 Å². The maximum absolute atomic E-state index is 10.4. The Morgan fingerprint density at radius 1 is 1.31 bits per heavy atom. The highest BCUT2D eigenvalue weighted by Crippen LogP contribution is 2.06. The van der Waals surface area contributed by atoms with Gasteiger partial charge < -0.3 is 9.90 Å². The third-order valence-corrected chi connectivity index (χ3v) is 1.49. The monoisotopic (exact) mass is 182 g/mol. The van der Waals surface area contributed by atoms with Crippen molar-refractivity contribution in [2.24, 2.45) is 0 Å². The number of aldehydes is 2. The number of aliphatic hydroxyl groups is 1. The van der Waals surface area contributed by atoms with E-state index in [0.717, 1.165) is 12.7 Å². The average molecular weight is 182 g/mol. The zero-order chi connectivity index (χ0) is 10.1. The number of hydrogen-bond acceptors (Lipinski definition) is 3. The molecule has 0 radical (unpaired) electrons. The lowest BCUT2D eigenvalue weighted by molar-refractivity contribution is -0.108. The van der Waals surface area contributed by atoms with E-state index in [2.05, 4.69) is 6.58 Å². The lowest BCUT2D eigenvalue weighted by atomic mass is 10.1. The molecule has 0 saturated carbocycles. The van der Waals surface area contributed by atoms with Crippen molar-refractivity contribution in [3.8, 4) is 0 Å². The fourth-order valence-electron chi connectivity index (χ4n) is 0.886. The first-order valence-corrected chi connectivity index (χ1v) is 4.15. The molecule has 1 N–H and O–H groups in total. The van der Waals surface area contributed by atoms with Gasteiger partial charge in [0, 0.05) is 12.8 Å². The maximum atomic E-state index is 10.4. The Kier molecular flexibility index (Phi) is 6.51. The maximum Gasteiger partial charge on any atom is 0.146 e. The fraction of sp³-hybridized carbons (Fsp3) is 0.400. The highest BCUT2D eigenvalue weighted by molar-refractivity contribution is 5.73. The molecule has 0 fully saturated rings. The van der Waals surface area contributed by atoms with Gasteiger partial charge in [-0.05, 0) is 18.4 Å². The molecule has 0 atom stereocenters. The molecule has 0 spiro atoms. The number of aliphatic hydroxyl groups excluding tert-OH is 1. The first kappa shape index (κ1) is 11.6. The summed E-state index contributed by atoms with van der Waals surface area (Å²) in [5.74, 6) is -0.0197. The zero-order valence-electron chi connectivity index (χ0n) is 7.53. The minimum Gasteiger partial charge on any atom is -0.513 e. The van der Waals surface area contributed by atoms with E-state index in [1.54, 1.807) is 6.08 Å². The molecule has 0 aliphatic carbocycles. The van der Waals surface area contributed by atoms with Crippen molar-refractivity contribution >= 4 is 12.6 Å². The van der Waals surface area contributed by atoms with Crippen LogP contribution in [0.15, 0.2) is 24.0 Å². The molecule has 0 heterocycles. The summed E-state index contributed by atoms with van der Waals surface area (Å²) in [4.78, 5) is 20.4. The summed E-state index contributed by atoms with van der Waals surface area (Å²) in [6.45, 7) is 3.29. The van der Waals surface area contributed by atoms with E-state index in [1.807, 2.05) is 0 Å². The third-order valence-electron chi connectivity index (χ3n) is 1.49. The van der Waals surface area contributed by atoms with Crippen molar-refractivity contribution in [2.75, 3.05) is 0 Å². The number of rotatable bonds is 7. The molecule has 13 heavy (non-hydrogen) atoms. The predicted molar refractivity (Wildman–Crippen MR) is 50.4 cm³/mol. The van der Waals surface area contributed by atoms with Crippen molar-refractivity contribution in [1.82, 2.24) is 0 Å². The van der Waals surface area contributed by atoms with Crippen LogP contribution in [0.25, 0.3) is 0 Å². The van der Waals surface area contributed by atoms with Crippen LogP contribution in [-0.2, 0) is 9.59 Å². The summed E-state index contributed by atoms with van der Waals surface area (Å²) < 4.78 is 0. The molecule has 0 aromatic heterocycles. The van der Waals surface area contributed by atoms with Gasteiger partial charge in [0.1, 0.15) is 12.6 Å². The van der Waals surface area contributed by atoms with Gasteiger partial charge in [0.2, 0.25) is 0 Å². The van der Waals surface area contributed by atoms with Crippen molar-refractivity contribution in [1.29, 1.82) is 0 Å². The Bertz CT molecular complexity index is 216. The van der Waals surface area contributed by atoms with Gasteiger partial charge >= 0.3 is 0 Å². The summed E-state index contributed by atoms with van der Waals surface area (Å²) in [6, 6.07) is 0. The summed E-state index contributed by atoms with van der Waals surface area (Å²) in [6.07, 6.45) is 5.38. The molecular weight excluding hydrogens is 168 g/mol. The van der Waals surface area contributed by atoms with Crippen LogP contribution in [0.1, 0.15) is 25.7 Å². The zero-order valence-corrected chi connectivity index (χ0v) is 7.53. The van der Waals surface area contributed by atoms with Crippen LogP contribution >= 0.6 is 0 Å². The van der Waals surface area contributed by atoms with Gasteiger partial charge in [-0.3, -0.25) is 4.79 Å². The van der Waals surface area contributed by atoms with Crippen LogP contribution in [0.2, 0.25) is 0 Å². The largest absolute Gasteiger partial charge is 0.513 e. The molecule has 0 bridgehead atoms. The van der Waals surface area contributed by atoms with Gasteiger partial charge in [-0.2, -0.15) is 0 Å². The Hall–Kier alpha value is -1.38. The van der Waals surface area contributed by atoms with Crippen molar-refractivity contribution < 1.29 is 14.7 Å². The summed E-state index contributed by atoms with van der Waals surface area (Å²) in [7, 11) is 0. The van der Waals surface area contributed by atoms with Crippen molar-refractivity contribution in [3.63, 3.8) is 0 Å². The van der Waals surface area contributed by atoms with E-state index >= 15 is 0 Å². The Morgan fingerprint density at radius 3 is 2.46 bits per heavy atom. The summed E-state index contributed by atoms with van der Waals surface area (Å²) in [5, 5.41) is 8.81. The quantitative estimate of drug-likeness (QED) is 0.283. The summed E-state index contributed by atoms with van der Waals surface area (Å²) in [5.41, 5.74) is 0.512. The van der Waals surface area contributed by atoms with Crippen LogP contribution in [0, 0.1) is 0 Å². The molecule has 0 amide bonds. The molecular formula is C10H14O3. The highest BCUT2D eigenvalue weighted by Gasteiger charge is 1.96. The molecule has 0 rings (SSSR count). The molecule has 0 aliphatic heterocycles. The number of allylic oxidation sites excluding steroid dienone is 2. The third kappa shape index (κ3) is 7.00. The average Bonchev–Trinajstić information content (AvgIpc) is 2.09. The normalized spacial score (nSPS) is 10.9. The molecule has 72 valence electrons. The molecule has 0 unspecified atom stereocenters. The fourth-order valence-corrected chi connectivity index (χ4v) is 0.886. The Balaban J connectivity index is 3.84. The smallest absolute Gasteiger partial charge is 0.146 e. The lowest BCUT2D eigenvalue weighted by Crippen LogP contribution is -1.88. The second kappa shape index (κ2) is 7.28. The first-order valence-electron chi connectivity index (χ1n) is 4.15. The van der Waals surface area contributed by atoms with Crippen LogP contribution in [0.3, 0.4) is 0 Å². The molecule has 0 saturated heterocycles. The van der Waals surface area contributed by atoms with Crippen LogP contribution < -0.4 is 0 Å². The molecule has 0 aromatic rings. The van der Waals surface area contributed by atoms with Gasteiger partial charge in [-0.1, -0.05) is 12.7 Å². The summed E-state index contributed by atoms with van der Waals surface area (Å²) >= 11 is 0. The molecule has 0 aliphatic rings. The van der Waals surface area contributed by atoms with E-state index < -0.39 is 0 Å². The van der Waals surface area contributed by atoms with Crippen molar-refractivity contribution in [2.45, 2.75) is 25.7 Å².